The van der Waals surface area contributed by atoms with Gasteiger partial charge in [0.05, 0.1) is 6.67 Å². The van der Waals surface area contributed by atoms with E-state index in [4.69, 9.17) is 4.74 Å². The first-order valence-corrected chi connectivity index (χ1v) is 13.8. The smallest absolute Gasteiger partial charge is 0.167 e. The van der Waals surface area contributed by atoms with Crippen LogP contribution < -0.4 is 4.74 Å². The molecule has 1 atom stereocenters. The highest BCUT2D eigenvalue weighted by Crippen LogP contribution is 2.43. The first-order chi connectivity index (χ1) is 19.1. The third-order valence-corrected chi connectivity index (χ3v) is 7.74. The molecule has 0 radical (unpaired) electrons. The van der Waals surface area contributed by atoms with Crippen LogP contribution in [0.5, 0.6) is 5.75 Å². The Hall–Kier alpha value is -3.64. The minimum atomic E-state index is -0.278. The van der Waals surface area contributed by atoms with Crippen LogP contribution >= 0.6 is 0 Å². The summed E-state index contributed by atoms with van der Waals surface area (Å²) in [6.07, 6.45) is 9.52. The van der Waals surface area contributed by atoms with Gasteiger partial charge < -0.3 is 9.72 Å². The van der Waals surface area contributed by atoms with Crippen LogP contribution in [-0.4, -0.2) is 42.3 Å². The Kier molecular flexibility index (Phi) is 8.62. The molecule has 2 heterocycles. The number of H-pyrrole nitrogens is 1. The van der Waals surface area contributed by atoms with E-state index in [9.17, 15) is 8.92 Å². The highest BCUT2D eigenvalue weighted by molar-refractivity contribution is 6.02. The van der Waals surface area contributed by atoms with Crippen LogP contribution in [0.4, 0.5) is 8.92 Å². The second-order valence-electron chi connectivity index (χ2n) is 10.3. The molecule has 1 fully saturated rings. The molecule has 3 aromatic rings. The number of fused-ring (bicyclic) bond motifs is 1. The fourth-order valence-electron chi connectivity index (χ4n) is 5.71. The van der Waals surface area contributed by atoms with Gasteiger partial charge in [-0.3, -0.25) is 14.2 Å². The summed E-state index contributed by atoms with van der Waals surface area (Å²) in [6.45, 7) is 8.52. The summed E-state index contributed by atoms with van der Waals surface area (Å²) in [7, 11) is 0. The second kappa shape index (κ2) is 12.5. The minimum absolute atomic E-state index is 0.112. The molecule has 6 heteroatoms. The zero-order valence-corrected chi connectivity index (χ0v) is 22.5. The monoisotopic (exact) mass is 530 g/mol. The van der Waals surface area contributed by atoms with E-state index in [1.165, 1.54) is 5.57 Å². The molecule has 1 saturated heterocycles. The predicted molar refractivity (Wildman–Crippen MR) is 155 cm³/mol. The number of likely N-dealkylation sites (tertiary alicyclic amines) is 1. The average molecular weight is 531 g/mol. The summed E-state index contributed by atoms with van der Waals surface area (Å²) in [5.74, 6) is 1.01. The maximum atomic E-state index is 13.1. The number of rotatable bonds is 9. The first-order valence-electron chi connectivity index (χ1n) is 13.8. The fourth-order valence-corrected chi connectivity index (χ4v) is 5.71. The zero-order valence-electron chi connectivity index (χ0n) is 22.5. The number of hydrogen-bond donors (Lipinski definition) is 1. The van der Waals surface area contributed by atoms with Crippen molar-refractivity contribution in [1.29, 1.82) is 0 Å². The van der Waals surface area contributed by atoms with Crippen molar-refractivity contribution in [3.8, 4) is 5.75 Å². The summed E-state index contributed by atoms with van der Waals surface area (Å²) in [6, 6.07) is 16.8. The first kappa shape index (κ1) is 26.9. The third kappa shape index (κ3) is 6.17. The number of hydrogen-bond acceptors (Lipinski definition) is 3. The van der Waals surface area contributed by atoms with E-state index in [2.05, 4.69) is 57.8 Å². The summed E-state index contributed by atoms with van der Waals surface area (Å²) >= 11 is 0. The van der Waals surface area contributed by atoms with Crippen molar-refractivity contribution in [2.45, 2.75) is 45.1 Å². The number of allylic oxidation sites excluding steroid dienone is 6. The van der Waals surface area contributed by atoms with E-state index < -0.39 is 0 Å². The molecular formula is C33H36F2N2O2. The predicted octanol–water partition coefficient (Wildman–Crippen LogP) is 8.36. The molecular weight excluding hydrogens is 494 g/mol. The molecule has 0 amide bonds. The number of nitrogens with one attached hydrogen (secondary N) is 1. The van der Waals surface area contributed by atoms with E-state index in [1.54, 1.807) is 19.1 Å². The molecule has 1 aliphatic carbocycles. The van der Waals surface area contributed by atoms with Crippen molar-refractivity contribution in [3.63, 3.8) is 0 Å². The van der Waals surface area contributed by atoms with Gasteiger partial charge in [-0.1, -0.05) is 24.8 Å². The van der Waals surface area contributed by atoms with E-state index in [0.29, 0.717) is 6.42 Å². The Morgan fingerprint density at radius 1 is 1.13 bits per heavy atom. The fraction of sp³-hybridized carbons (Fsp3) is 0.333. The maximum absolute atomic E-state index is 13.1. The second-order valence-corrected chi connectivity index (χ2v) is 10.3. The van der Waals surface area contributed by atoms with Gasteiger partial charge >= 0.3 is 0 Å². The van der Waals surface area contributed by atoms with Crippen LogP contribution in [0.1, 0.15) is 50.2 Å². The number of ether oxygens (including phenoxy) is 1. The standard InChI is InChI=1S/C33H36F2N2O2/c1-3-28(39-35)21-25-6-4-7-31(26-10-13-32-27(20-26)14-17-36-32)33(23(25)2)24-8-11-29(12-9-24)38-30-15-19-37(22-30)18-5-16-34/h3,8-14,17,20-21,30,36H,2,4-7,15-16,18-19,22H2,1H3/b25-21-,28-3+/t30-/m0/s1. The largest absolute Gasteiger partial charge is 0.489 e. The Bertz CT molecular complexity index is 1400. The Morgan fingerprint density at radius 3 is 2.72 bits per heavy atom. The number of nitrogens with zero attached hydrogens (tertiary/aromatic N) is 1. The molecule has 5 rings (SSSR count). The molecule has 204 valence electrons. The van der Waals surface area contributed by atoms with Gasteiger partial charge in [0, 0.05) is 35.9 Å². The summed E-state index contributed by atoms with van der Waals surface area (Å²) < 4.78 is 32.0. The lowest BCUT2D eigenvalue weighted by atomic mass is 9.87. The van der Waals surface area contributed by atoms with E-state index >= 15 is 0 Å². The van der Waals surface area contributed by atoms with Crippen LogP contribution in [0.2, 0.25) is 0 Å². The summed E-state index contributed by atoms with van der Waals surface area (Å²) in [5.41, 5.74) is 7.43. The molecule has 39 heavy (non-hydrogen) atoms. The molecule has 2 aliphatic rings. The van der Waals surface area contributed by atoms with E-state index in [-0.39, 0.29) is 18.5 Å². The van der Waals surface area contributed by atoms with Gasteiger partial charge in [0.25, 0.3) is 0 Å². The zero-order chi connectivity index (χ0) is 27.2. The molecule has 0 unspecified atom stereocenters. The number of aromatic amines is 1. The van der Waals surface area contributed by atoms with Crippen molar-refractivity contribution in [2.24, 2.45) is 0 Å². The molecule has 1 aromatic heterocycles. The van der Waals surface area contributed by atoms with Crippen molar-refractivity contribution in [3.05, 3.63) is 101 Å². The SMILES string of the molecule is C=C1C(c2ccc(O[C@H]3CCN(CCCF)C3)cc2)=C(c2ccc3[nH]ccc3c2)CCC/C1=C/C(=C\C)OF. The Balaban J connectivity index is 1.48. The highest BCUT2D eigenvalue weighted by Gasteiger charge is 2.25. The van der Waals surface area contributed by atoms with Gasteiger partial charge in [-0.25, -0.2) is 0 Å². The van der Waals surface area contributed by atoms with E-state index in [0.717, 1.165) is 89.8 Å². The van der Waals surface area contributed by atoms with Crippen molar-refractivity contribution in [1.82, 2.24) is 9.88 Å². The molecule has 1 N–H and O–H groups in total. The minimum Gasteiger partial charge on any atom is -0.489 e. The lowest BCUT2D eigenvalue weighted by Crippen LogP contribution is -2.26. The lowest BCUT2D eigenvalue weighted by Gasteiger charge is -2.19. The topological polar surface area (TPSA) is 37.5 Å². The number of benzene rings is 2. The van der Waals surface area contributed by atoms with Crippen molar-refractivity contribution < 1.29 is 18.6 Å². The van der Waals surface area contributed by atoms with Gasteiger partial charge in [0.1, 0.15) is 11.9 Å². The highest BCUT2D eigenvalue weighted by atomic mass is 19.3. The molecule has 4 nitrogen and oxygen atoms in total. The maximum Gasteiger partial charge on any atom is 0.167 e. The van der Waals surface area contributed by atoms with Crippen LogP contribution in [0.15, 0.2) is 90.4 Å². The van der Waals surface area contributed by atoms with Crippen LogP contribution in [-0.2, 0) is 4.94 Å². The Morgan fingerprint density at radius 2 is 1.95 bits per heavy atom. The molecule has 1 aliphatic heterocycles. The average Bonchev–Trinajstić information content (AvgIpc) is 3.59. The van der Waals surface area contributed by atoms with Crippen LogP contribution in [0.3, 0.4) is 0 Å². The molecule has 2 aromatic carbocycles. The van der Waals surface area contributed by atoms with Gasteiger partial charge in [0.2, 0.25) is 0 Å². The third-order valence-electron chi connectivity index (χ3n) is 7.74. The normalized spacial score (nSPS) is 20.2. The summed E-state index contributed by atoms with van der Waals surface area (Å²) in [5, 5.41) is 1.16. The van der Waals surface area contributed by atoms with Gasteiger partial charge in [-0.05, 0) is 120 Å². The molecule has 0 saturated carbocycles. The summed E-state index contributed by atoms with van der Waals surface area (Å²) in [4.78, 5) is 9.61. The van der Waals surface area contributed by atoms with Crippen LogP contribution in [0.25, 0.3) is 22.0 Å². The number of alkyl halides is 1. The van der Waals surface area contributed by atoms with Crippen molar-refractivity contribution in [2.75, 3.05) is 26.3 Å². The van der Waals surface area contributed by atoms with Gasteiger partial charge in [0.15, 0.2) is 5.76 Å². The quantitative estimate of drug-likeness (QED) is 0.283. The molecule has 0 bridgehead atoms. The lowest BCUT2D eigenvalue weighted by molar-refractivity contribution is -0.0768. The Labute approximate surface area is 229 Å². The number of halogens is 2. The van der Waals surface area contributed by atoms with Crippen molar-refractivity contribution >= 4 is 22.0 Å². The van der Waals surface area contributed by atoms with Crippen LogP contribution in [0, 0.1) is 0 Å². The molecule has 0 spiro atoms. The number of aromatic nitrogens is 1. The van der Waals surface area contributed by atoms with Gasteiger partial charge in [-0.2, -0.15) is 0 Å². The van der Waals surface area contributed by atoms with Gasteiger partial charge in [-0.15, -0.1) is 0 Å². The van der Waals surface area contributed by atoms with E-state index in [1.807, 2.05) is 18.3 Å².